The molecule has 28 heavy (non-hydrogen) atoms. The lowest BCUT2D eigenvalue weighted by Gasteiger charge is -2.36. The van der Waals surface area contributed by atoms with Crippen LogP contribution in [0.5, 0.6) is 0 Å². The molecule has 0 bridgehead atoms. The molecule has 1 fully saturated rings. The van der Waals surface area contributed by atoms with E-state index in [9.17, 15) is 9.90 Å². The van der Waals surface area contributed by atoms with Crippen LogP contribution in [-0.4, -0.2) is 71.2 Å². The van der Waals surface area contributed by atoms with Gasteiger partial charge in [-0.15, -0.1) is 0 Å². The number of benzene rings is 1. The van der Waals surface area contributed by atoms with Crippen LogP contribution in [0.2, 0.25) is 0 Å². The van der Waals surface area contributed by atoms with Crippen LogP contribution >= 0.6 is 0 Å². The first-order valence-electron chi connectivity index (χ1n) is 9.98. The minimum absolute atomic E-state index is 0.0539. The summed E-state index contributed by atoms with van der Waals surface area (Å²) in [5.41, 5.74) is 2.40. The van der Waals surface area contributed by atoms with Crippen molar-refractivity contribution in [2.45, 2.75) is 31.5 Å². The minimum atomic E-state index is -0.453. The fourth-order valence-electron chi connectivity index (χ4n) is 3.79. The summed E-state index contributed by atoms with van der Waals surface area (Å²) >= 11 is 0. The van der Waals surface area contributed by atoms with Gasteiger partial charge in [0.05, 0.1) is 6.10 Å². The van der Waals surface area contributed by atoms with Gasteiger partial charge in [0, 0.05) is 57.7 Å². The van der Waals surface area contributed by atoms with E-state index in [1.54, 1.807) is 6.20 Å². The normalized spacial score (nSPS) is 17.8. The summed E-state index contributed by atoms with van der Waals surface area (Å²) in [6, 6.07) is 14.1. The second kappa shape index (κ2) is 10.9. The molecule has 0 spiro atoms. The molecule has 150 valence electrons. The Morgan fingerprint density at radius 3 is 2.43 bits per heavy atom. The lowest BCUT2D eigenvalue weighted by atomic mass is 10.0. The molecule has 0 aliphatic carbocycles. The highest BCUT2D eigenvalue weighted by Crippen LogP contribution is 2.11. The summed E-state index contributed by atoms with van der Waals surface area (Å²) in [5.74, 6) is 0. The standard InChI is InChI=1S/C22H30N4O2/c27-18-24-21(13-19-5-2-1-3-6-19)14-22(28)17-26-11-9-25(10-12-26)16-20-7-4-8-23-15-20/h1-8,15,18,21-22,28H,9-14,16-17H2,(H,24,27). The SMILES string of the molecule is O=CNC(Cc1ccccc1)CC(O)CN1CCN(Cc2cccnc2)CC1. The highest BCUT2D eigenvalue weighted by molar-refractivity contribution is 5.46. The smallest absolute Gasteiger partial charge is 0.207 e. The van der Waals surface area contributed by atoms with Gasteiger partial charge >= 0.3 is 0 Å². The number of piperazine rings is 1. The number of carbonyl (C=O) groups excluding carboxylic acids is 1. The number of pyridine rings is 1. The zero-order chi connectivity index (χ0) is 19.6. The number of β-amino-alcohol motifs (C(OH)–C–C–N with tert-alkyl or cyclic N) is 1. The van der Waals surface area contributed by atoms with Crippen LogP contribution in [0.25, 0.3) is 0 Å². The predicted octanol–water partition coefficient (Wildman–Crippen LogP) is 1.31. The molecule has 6 heteroatoms. The third-order valence-corrected chi connectivity index (χ3v) is 5.25. The number of carbonyl (C=O) groups is 1. The van der Waals surface area contributed by atoms with Crippen molar-refractivity contribution in [1.29, 1.82) is 0 Å². The molecule has 0 saturated carbocycles. The Bertz CT molecular complexity index is 690. The average molecular weight is 383 g/mol. The number of nitrogens with zero attached hydrogens (tertiary/aromatic N) is 3. The van der Waals surface area contributed by atoms with Crippen molar-refractivity contribution in [3.63, 3.8) is 0 Å². The number of aliphatic hydroxyl groups excluding tert-OH is 1. The predicted molar refractivity (Wildman–Crippen MR) is 110 cm³/mol. The summed E-state index contributed by atoms with van der Waals surface area (Å²) in [6.45, 7) is 5.44. The van der Waals surface area contributed by atoms with Crippen LogP contribution in [0.15, 0.2) is 54.9 Å². The molecule has 1 aliphatic heterocycles. The molecule has 2 aromatic rings. The molecule has 1 aromatic carbocycles. The molecule has 6 nitrogen and oxygen atoms in total. The number of nitrogens with one attached hydrogen (secondary N) is 1. The Hall–Kier alpha value is -2.28. The van der Waals surface area contributed by atoms with E-state index in [1.807, 2.05) is 42.6 Å². The molecule has 3 rings (SSSR count). The van der Waals surface area contributed by atoms with Gasteiger partial charge in [-0.25, -0.2) is 0 Å². The summed E-state index contributed by atoms with van der Waals surface area (Å²) in [7, 11) is 0. The summed E-state index contributed by atoms with van der Waals surface area (Å²) in [6.07, 6.45) is 5.29. The molecule has 2 N–H and O–H groups in total. The molecule has 2 unspecified atom stereocenters. The lowest BCUT2D eigenvalue weighted by molar-refractivity contribution is -0.110. The summed E-state index contributed by atoms with van der Waals surface area (Å²) in [4.78, 5) is 19.9. The Balaban J connectivity index is 1.41. The van der Waals surface area contributed by atoms with E-state index in [4.69, 9.17) is 0 Å². The van der Waals surface area contributed by atoms with Crippen molar-refractivity contribution in [3.05, 3.63) is 66.0 Å². The second-order valence-electron chi connectivity index (χ2n) is 7.50. The molecule has 2 atom stereocenters. The number of rotatable bonds is 10. The van der Waals surface area contributed by atoms with Crippen LogP contribution in [-0.2, 0) is 17.8 Å². The van der Waals surface area contributed by atoms with Crippen molar-refractivity contribution in [1.82, 2.24) is 20.1 Å². The van der Waals surface area contributed by atoms with Crippen molar-refractivity contribution in [2.75, 3.05) is 32.7 Å². The zero-order valence-corrected chi connectivity index (χ0v) is 16.3. The van der Waals surface area contributed by atoms with E-state index in [0.717, 1.165) is 51.1 Å². The number of hydrogen-bond donors (Lipinski definition) is 2. The first-order valence-corrected chi connectivity index (χ1v) is 9.98. The van der Waals surface area contributed by atoms with Crippen molar-refractivity contribution < 1.29 is 9.90 Å². The van der Waals surface area contributed by atoms with E-state index in [2.05, 4.69) is 26.2 Å². The highest BCUT2D eigenvalue weighted by Gasteiger charge is 2.21. The molecule has 1 saturated heterocycles. The van der Waals surface area contributed by atoms with Crippen molar-refractivity contribution in [3.8, 4) is 0 Å². The first-order chi connectivity index (χ1) is 13.7. The monoisotopic (exact) mass is 382 g/mol. The van der Waals surface area contributed by atoms with E-state index in [1.165, 1.54) is 5.56 Å². The van der Waals surface area contributed by atoms with E-state index >= 15 is 0 Å². The van der Waals surface area contributed by atoms with Gasteiger partial charge < -0.3 is 10.4 Å². The van der Waals surface area contributed by atoms with Gasteiger partial charge in [0.15, 0.2) is 0 Å². The van der Waals surface area contributed by atoms with Gasteiger partial charge in [-0.05, 0) is 30.0 Å². The maximum atomic E-state index is 10.9. The number of aromatic nitrogens is 1. The van der Waals surface area contributed by atoms with Crippen LogP contribution in [0.4, 0.5) is 0 Å². The molecule has 0 radical (unpaired) electrons. The minimum Gasteiger partial charge on any atom is -0.392 e. The van der Waals surface area contributed by atoms with Crippen LogP contribution in [0.1, 0.15) is 17.5 Å². The Morgan fingerprint density at radius 2 is 1.75 bits per heavy atom. The van der Waals surface area contributed by atoms with Gasteiger partial charge in [-0.2, -0.15) is 0 Å². The molecule has 1 amide bonds. The van der Waals surface area contributed by atoms with Gasteiger partial charge in [-0.3, -0.25) is 19.6 Å². The van der Waals surface area contributed by atoms with Gasteiger partial charge in [0.1, 0.15) is 0 Å². The second-order valence-corrected chi connectivity index (χ2v) is 7.50. The number of hydrogen-bond acceptors (Lipinski definition) is 5. The van der Waals surface area contributed by atoms with E-state index in [-0.39, 0.29) is 6.04 Å². The van der Waals surface area contributed by atoms with Crippen molar-refractivity contribution in [2.24, 2.45) is 0 Å². The molecule has 2 heterocycles. The topological polar surface area (TPSA) is 68.7 Å². The molecular weight excluding hydrogens is 352 g/mol. The van der Waals surface area contributed by atoms with E-state index in [0.29, 0.717) is 13.0 Å². The highest BCUT2D eigenvalue weighted by atomic mass is 16.3. The van der Waals surface area contributed by atoms with Crippen LogP contribution < -0.4 is 5.32 Å². The molecule has 1 aliphatic rings. The number of amides is 1. The van der Waals surface area contributed by atoms with Gasteiger partial charge in [0.2, 0.25) is 6.41 Å². The maximum Gasteiger partial charge on any atom is 0.207 e. The van der Waals surface area contributed by atoms with Crippen LogP contribution in [0.3, 0.4) is 0 Å². The Morgan fingerprint density at radius 1 is 1.04 bits per heavy atom. The first kappa shape index (κ1) is 20.5. The summed E-state index contributed by atoms with van der Waals surface area (Å²) in [5, 5.41) is 13.4. The fourth-order valence-corrected chi connectivity index (χ4v) is 3.79. The van der Waals surface area contributed by atoms with E-state index < -0.39 is 6.10 Å². The zero-order valence-electron chi connectivity index (χ0n) is 16.3. The Labute approximate surface area is 167 Å². The van der Waals surface area contributed by atoms with Crippen LogP contribution in [0, 0.1) is 0 Å². The Kier molecular flexibility index (Phi) is 7.96. The third-order valence-electron chi connectivity index (χ3n) is 5.25. The van der Waals surface area contributed by atoms with Gasteiger partial charge in [-0.1, -0.05) is 36.4 Å². The third kappa shape index (κ3) is 6.71. The van der Waals surface area contributed by atoms with Gasteiger partial charge in [0.25, 0.3) is 0 Å². The number of aliphatic hydroxyl groups is 1. The molecular formula is C22H30N4O2. The average Bonchev–Trinajstić information content (AvgIpc) is 2.71. The van der Waals surface area contributed by atoms with Crippen molar-refractivity contribution >= 4 is 6.41 Å². The lowest BCUT2D eigenvalue weighted by Crippen LogP contribution is -2.49. The quantitative estimate of drug-likeness (QED) is 0.607. The fraction of sp³-hybridized carbons (Fsp3) is 0.455. The maximum absolute atomic E-state index is 10.9. The molecule has 1 aromatic heterocycles. The largest absolute Gasteiger partial charge is 0.392 e. The summed E-state index contributed by atoms with van der Waals surface area (Å²) < 4.78 is 0.